The standard InChI is InChI=1S/C19H23N3O2/c1-13-5-6-15(10-14(13)2)22-16-7-8-20-18(11-16)19(23)21-12-17-4-3-9-24-17/h5-8,10-11,17H,3-4,9,12H2,1-2H3,(H,20,22)(H,21,23). The second-order valence-electron chi connectivity index (χ2n) is 6.20. The Bertz CT molecular complexity index is 724. The molecule has 0 aliphatic carbocycles. The molecule has 0 spiro atoms. The summed E-state index contributed by atoms with van der Waals surface area (Å²) in [4.78, 5) is 16.4. The molecule has 0 radical (unpaired) electrons. The van der Waals surface area contributed by atoms with Crippen molar-refractivity contribution < 1.29 is 9.53 Å². The zero-order valence-electron chi connectivity index (χ0n) is 14.1. The van der Waals surface area contributed by atoms with E-state index in [0.717, 1.165) is 30.8 Å². The van der Waals surface area contributed by atoms with Crippen LogP contribution >= 0.6 is 0 Å². The van der Waals surface area contributed by atoms with Gasteiger partial charge in [-0.3, -0.25) is 9.78 Å². The number of hydrogen-bond donors (Lipinski definition) is 2. The van der Waals surface area contributed by atoms with E-state index in [-0.39, 0.29) is 12.0 Å². The molecule has 0 saturated carbocycles. The fraction of sp³-hybridized carbons (Fsp3) is 0.368. The average molecular weight is 325 g/mol. The zero-order valence-corrected chi connectivity index (χ0v) is 14.1. The van der Waals surface area contributed by atoms with Crippen LogP contribution in [0.2, 0.25) is 0 Å². The second kappa shape index (κ2) is 7.45. The Balaban J connectivity index is 1.64. The molecule has 3 rings (SSSR count). The van der Waals surface area contributed by atoms with Crippen LogP contribution in [0.1, 0.15) is 34.5 Å². The van der Waals surface area contributed by atoms with Gasteiger partial charge in [-0.05, 0) is 62.1 Å². The minimum Gasteiger partial charge on any atom is -0.376 e. The van der Waals surface area contributed by atoms with Gasteiger partial charge in [0.05, 0.1) is 6.10 Å². The van der Waals surface area contributed by atoms with Gasteiger partial charge in [-0.25, -0.2) is 0 Å². The Hall–Kier alpha value is -2.40. The molecule has 24 heavy (non-hydrogen) atoms. The normalized spacial score (nSPS) is 16.8. The van der Waals surface area contributed by atoms with E-state index in [4.69, 9.17) is 4.74 Å². The molecule has 1 aromatic carbocycles. The van der Waals surface area contributed by atoms with Crippen LogP contribution in [0.15, 0.2) is 36.5 Å². The summed E-state index contributed by atoms with van der Waals surface area (Å²) in [5, 5.41) is 6.21. The molecule has 1 aliphatic heterocycles. The molecule has 1 aromatic heterocycles. The van der Waals surface area contributed by atoms with Crippen molar-refractivity contribution in [1.82, 2.24) is 10.3 Å². The summed E-state index contributed by atoms with van der Waals surface area (Å²) in [6.45, 7) is 5.49. The van der Waals surface area contributed by atoms with Gasteiger partial charge in [0.2, 0.25) is 0 Å². The maximum Gasteiger partial charge on any atom is 0.270 e. The van der Waals surface area contributed by atoms with Crippen molar-refractivity contribution in [2.75, 3.05) is 18.5 Å². The van der Waals surface area contributed by atoms with Crippen LogP contribution in [0.25, 0.3) is 0 Å². The number of nitrogens with one attached hydrogen (secondary N) is 2. The van der Waals surface area contributed by atoms with E-state index >= 15 is 0 Å². The molecule has 1 fully saturated rings. The zero-order chi connectivity index (χ0) is 16.9. The number of pyridine rings is 1. The number of carbonyl (C=O) groups is 1. The number of ether oxygens (including phenoxy) is 1. The van der Waals surface area contributed by atoms with Crippen molar-refractivity contribution in [2.45, 2.75) is 32.8 Å². The molecule has 1 saturated heterocycles. The lowest BCUT2D eigenvalue weighted by atomic mass is 10.1. The molecule has 2 heterocycles. The van der Waals surface area contributed by atoms with Gasteiger partial charge < -0.3 is 15.4 Å². The predicted molar refractivity (Wildman–Crippen MR) is 94.7 cm³/mol. The highest BCUT2D eigenvalue weighted by atomic mass is 16.5. The van der Waals surface area contributed by atoms with E-state index in [1.807, 2.05) is 12.1 Å². The predicted octanol–water partition coefficient (Wildman–Crippen LogP) is 3.35. The third-order valence-electron chi connectivity index (χ3n) is 4.30. The summed E-state index contributed by atoms with van der Waals surface area (Å²) in [7, 11) is 0. The maximum atomic E-state index is 12.2. The molecule has 126 valence electrons. The number of carbonyl (C=O) groups excluding carboxylic acids is 1. The summed E-state index contributed by atoms with van der Waals surface area (Å²) >= 11 is 0. The van der Waals surface area contributed by atoms with Crippen molar-refractivity contribution in [3.05, 3.63) is 53.3 Å². The highest BCUT2D eigenvalue weighted by Crippen LogP contribution is 2.20. The molecule has 1 unspecified atom stereocenters. The van der Waals surface area contributed by atoms with Crippen molar-refractivity contribution in [2.24, 2.45) is 0 Å². The molecule has 5 nitrogen and oxygen atoms in total. The largest absolute Gasteiger partial charge is 0.376 e. The first-order chi connectivity index (χ1) is 11.6. The number of anilines is 2. The van der Waals surface area contributed by atoms with Gasteiger partial charge in [-0.15, -0.1) is 0 Å². The van der Waals surface area contributed by atoms with Crippen LogP contribution < -0.4 is 10.6 Å². The van der Waals surface area contributed by atoms with E-state index in [9.17, 15) is 4.79 Å². The quantitative estimate of drug-likeness (QED) is 0.885. The molecule has 0 bridgehead atoms. The smallest absolute Gasteiger partial charge is 0.270 e. The SMILES string of the molecule is Cc1ccc(Nc2ccnc(C(=O)NCC3CCCO3)c2)cc1C. The van der Waals surface area contributed by atoms with Gasteiger partial charge in [0.25, 0.3) is 5.91 Å². The first-order valence-corrected chi connectivity index (χ1v) is 8.32. The number of nitrogens with zero attached hydrogens (tertiary/aromatic N) is 1. The number of amides is 1. The Morgan fingerprint density at radius 2 is 2.04 bits per heavy atom. The van der Waals surface area contributed by atoms with Crippen LogP contribution in [-0.4, -0.2) is 30.1 Å². The van der Waals surface area contributed by atoms with Crippen molar-refractivity contribution in [3.8, 4) is 0 Å². The van der Waals surface area contributed by atoms with E-state index in [1.54, 1.807) is 12.3 Å². The molecular formula is C19H23N3O2. The fourth-order valence-electron chi connectivity index (χ4n) is 2.72. The van der Waals surface area contributed by atoms with Gasteiger partial charge in [-0.2, -0.15) is 0 Å². The van der Waals surface area contributed by atoms with Crippen LogP contribution in [0.5, 0.6) is 0 Å². The third-order valence-corrected chi connectivity index (χ3v) is 4.30. The molecule has 2 aromatic rings. The van der Waals surface area contributed by atoms with Gasteiger partial charge >= 0.3 is 0 Å². The van der Waals surface area contributed by atoms with E-state index in [1.165, 1.54) is 11.1 Å². The molecule has 1 atom stereocenters. The Morgan fingerprint density at radius 3 is 2.79 bits per heavy atom. The number of benzene rings is 1. The summed E-state index contributed by atoms with van der Waals surface area (Å²) in [6.07, 6.45) is 3.84. The first-order valence-electron chi connectivity index (χ1n) is 8.32. The Kier molecular flexibility index (Phi) is 5.11. The lowest BCUT2D eigenvalue weighted by molar-refractivity contribution is 0.0854. The Morgan fingerprint density at radius 1 is 1.21 bits per heavy atom. The molecule has 1 amide bonds. The topological polar surface area (TPSA) is 63.2 Å². The second-order valence-corrected chi connectivity index (χ2v) is 6.20. The van der Waals surface area contributed by atoms with Crippen LogP contribution in [-0.2, 0) is 4.74 Å². The van der Waals surface area contributed by atoms with Gasteiger partial charge in [0.1, 0.15) is 5.69 Å². The van der Waals surface area contributed by atoms with Gasteiger partial charge in [0, 0.05) is 30.7 Å². The lowest BCUT2D eigenvalue weighted by Crippen LogP contribution is -2.32. The highest BCUT2D eigenvalue weighted by molar-refractivity contribution is 5.93. The number of rotatable bonds is 5. The van der Waals surface area contributed by atoms with Gasteiger partial charge in [0.15, 0.2) is 0 Å². The summed E-state index contributed by atoms with van der Waals surface area (Å²) in [5.41, 5.74) is 4.72. The maximum absolute atomic E-state index is 12.2. The van der Waals surface area contributed by atoms with Crippen LogP contribution in [0.4, 0.5) is 11.4 Å². The van der Waals surface area contributed by atoms with Crippen LogP contribution in [0, 0.1) is 13.8 Å². The minimum atomic E-state index is -0.172. The van der Waals surface area contributed by atoms with E-state index in [2.05, 4.69) is 41.6 Å². The number of aryl methyl sites for hydroxylation is 2. The summed E-state index contributed by atoms with van der Waals surface area (Å²) in [5.74, 6) is -0.172. The van der Waals surface area contributed by atoms with E-state index < -0.39 is 0 Å². The lowest BCUT2D eigenvalue weighted by Gasteiger charge is -2.12. The average Bonchev–Trinajstić information content (AvgIpc) is 3.10. The van der Waals surface area contributed by atoms with Crippen molar-refractivity contribution in [3.63, 3.8) is 0 Å². The van der Waals surface area contributed by atoms with E-state index in [0.29, 0.717) is 12.2 Å². The summed E-state index contributed by atoms with van der Waals surface area (Å²) < 4.78 is 5.52. The summed E-state index contributed by atoms with van der Waals surface area (Å²) in [6, 6.07) is 9.81. The van der Waals surface area contributed by atoms with Crippen molar-refractivity contribution in [1.29, 1.82) is 0 Å². The number of aromatic nitrogens is 1. The fourth-order valence-corrected chi connectivity index (χ4v) is 2.72. The monoisotopic (exact) mass is 325 g/mol. The molecule has 1 aliphatic rings. The Labute approximate surface area is 142 Å². The minimum absolute atomic E-state index is 0.130. The first kappa shape index (κ1) is 16.5. The molecule has 2 N–H and O–H groups in total. The third kappa shape index (κ3) is 4.11. The van der Waals surface area contributed by atoms with Gasteiger partial charge in [-0.1, -0.05) is 6.07 Å². The molecule has 5 heteroatoms. The highest BCUT2D eigenvalue weighted by Gasteiger charge is 2.17. The van der Waals surface area contributed by atoms with Crippen LogP contribution in [0.3, 0.4) is 0 Å². The molecular weight excluding hydrogens is 302 g/mol. The van der Waals surface area contributed by atoms with Crippen molar-refractivity contribution >= 4 is 17.3 Å². The number of hydrogen-bond acceptors (Lipinski definition) is 4.